The van der Waals surface area contributed by atoms with Crippen LogP contribution in [0.15, 0.2) is 0 Å². The number of Topliss-reactive ketones (excluding diaryl/α,β-unsaturated/α-hetero) is 1. The van der Waals surface area contributed by atoms with Crippen molar-refractivity contribution in [2.75, 3.05) is 13.2 Å². The van der Waals surface area contributed by atoms with Gasteiger partial charge >= 0.3 is 6.09 Å². The van der Waals surface area contributed by atoms with Gasteiger partial charge in [-0.05, 0) is 27.2 Å². The number of alkyl carbamates (subject to hydrolysis) is 1. The van der Waals surface area contributed by atoms with Crippen LogP contribution in [0.1, 0.15) is 33.6 Å². The molecule has 2 rings (SSSR count). The highest BCUT2D eigenvalue weighted by atomic mass is 16.6. The van der Waals surface area contributed by atoms with Crippen molar-refractivity contribution in [3.05, 3.63) is 0 Å². The maximum atomic E-state index is 11.7. The summed E-state index contributed by atoms with van der Waals surface area (Å²) in [6, 6.07) is -0.132. The van der Waals surface area contributed by atoms with Gasteiger partial charge in [-0.1, -0.05) is 0 Å². The van der Waals surface area contributed by atoms with Crippen LogP contribution in [0.4, 0.5) is 4.79 Å². The molecule has 1 heterocycles. The molecular weight excluding hydrogens is 222 g/mol. The van der Waals surface area contributed by atoms with Gasteiger partial charge in [0.05, 0.1) is 18.1 Å². The minimum atomic E-state index is -0.517. The summed E-state index contributed by atoms with van der Waals surface area (Å²) in [6.07, 6.45) is 0.635. The quantitative estimate of drug-likeness (QED) is 0.750. The van der Waals surface area contributed by atoms with Crippen LogP contribution >= 0.6 is 0 Å². The Morgan fingerprint density at radius 1 is 1.53 bits per heavy atom. The molecule has 2 fully saturated rings. The Morgan fingerprint density at radius 3 is 2.71 bits per heavy atom. The standard InChI is InChI=1S/C12H19NO4/c1-11(2,3)17-10(15)13-8-6-9(14)12(8)4-5-16-7-12/h8H,4-7H2,1-3H3,(H,13,15). The van der Waals surface area contributed by atoms with Gasteiger partial charge in [0, 0.05) is 13.0 Å². The molecular formula is C12H19NO4. The fraction of sp³-hybridized carbons (Fsp3) is 0.833. The summed E-state index contributed by atoms with van der Waals surface area (Å²) < 4.78 is 10.5. The van der Waals surface area contributed by atoms with Crippen LogP contribution in [-0.4, -0.2) is 36.7 Å². The second-order valence-corrected chi connectivity index (χ2v) is 5.78. The smallest absolute Gasteiger partial charge is 0.407 e. The number of hydrogen-bond acceptors (Lipinski definition) is 4. The molecule has 1 aliphatic carbocycles. The lowest BCUT2D eigenvalue weighted by atomic mass is 9.63. The number of rotatable bonds is 1. The molecule has 1 aliphatic heterocycles. The van der Waals surface area contributed by atoms with Crippen LogP contribution in [0, 0.1) is 5.41 Å². The lowest BCUT2D eigenvalue weighted by molar-refractivity contribution is -0.141. The van der Waals surface area contributed by atoms with E-state index in [0.717, 1.165) is 0 Å². The first-order valence-electron chi connectivity index (χ1n) is 5.94. The summed E-state index contributed by atoms with van der Waals surface area (Å²) in [6.45, 7) is 6.46. The Labute approximate surface area is 101 Å². The Balaban J connectivity index is 1.92. The normalized spacial score (nSPS) is 32.4. The van der Waals surface area contributed by atoms with Crippen LogP contribution in [0.5, 0.6) is 0 Å². The minimum Gasteiger partial charge on any atom is -0.444 e. The maximum Gasteiger partial charge on any atom is 0.407 e. The highest BCUT2D eigenvalue weighted by molar-refractivity contribution is 5.94. The molecule has 0 bridgehead atoms. The Bertz CT molecular complexity index is 339. The third kappa shape index (κ3) is 2.29. The van der Waals surface area contributed by atoms with E-state index in [1.165, 1.54) is 0 Å². The van der Waals surface area contributed by atoms with Gasteiger partial charge in [-0.25, -0.2) is 4.79 Å². The second kappa shape index (κ2) is 3.98. The molecule has 0 aromatic rings. The predicted octanol–water partition coefficient (Wildman–Crippen LogP) is 1.26. The van der Waals surface area contributed by atoms with E-state index in [1.807, 2.05) is 20.8 Å². The predicted molar refractivity (Wildman–Crippen MR) is 60.7 cm³/mol. The molecule has 17 heavy (non-hydrogen) atoms. The first kappa shape index (κ1) is 12.4. The maximum absolute atomic E-state index is 11.7. The zero-order chi connectivity index (χ0) is 12.7. The molecule has 0 radical (unpaired) electrons. The monoisotopic (exact) mass is 241 g/mol. The Kier molecular flexibility index (Phi) is 2.89. The largest absolute Gasteiger partial charge is 0.444 e. The lowest BCUT2D eigenvalue weighted by Crippen LogP contribution is -2.62. The SMILES string of the molecule is CC(C)(C)OC(=O)NC1CC(=O)C12CCOC2. The van der Waals surface area contributed by atoms with E-state index >= 15 is 0 Å². The average Bonchev–Trinajstić information content (AvgIpc) is 2.65. The fourth-order valence-corrected chi connectivity index (χ4v) is 2.36. The van der Waals surface area contributed by atoms with Gasteiger partial charge in [0.1, 0.15) is 11.4 Å². The van der Waals surface area contributed by atoms with Crippen molar-refractivity contribution in [3.8, 4) is 0 Å². The third-order valence-corrected chi connectivity index (χ3v) is 3.35. The molecule has 96 valence electrons. The van der Waals surface area contributed by atoms with Crippen molar-refractivity contribution in [1.29, 1.82) is 0 Å². The van der Waals surface area contributed by atoms with Crippen molar-refractivity contribution in [3.63, 3.8) is 0 Å². The number of ether oxygens (including phenoxy) is 2. The van der Waals surface area contributed by atoms with Gasteiger partial charge in [0.25, 0.3) is 0 Å². The highest BCUT2D eigenvalue weighted by Gasteiger charge is 2.57. The Morgan fingerprint density at radius 2 is 2.24 bits per heavy atom. The number of carbonyl (C=O) groups excluding carboxylic acids is 2. The molecule has 0 aromatic carbocycles. The molecule has 5 heteroatoms. The van der Waals surface area contributed by atoms with E-state index in [-0.39, 0.29) is 11.8 Å². The molecule has 1 saturated carbocycles. The van der Waals surface area contributed by atoms with Crippen molar-refractivity contribution < 1.29 is 19.1 Å². The fourth-order valence-electron chi connectivity index (χ4n) is 2.36. The molecule has 5 nitrogen and oxygen atoms in total. The van der Waals surface area contributed by atoms with Crippen LogP contribution in [-0.2, 0) is 14.3 Å². The molecule has 0 aromatic heterocycles. The zero-order valence-electron chi connectivity index (χ0n) is 10.5. The number of amides is 1. The second-order valence-electron chi connectivity index (χ2n) is 5.78. The van der Waals surface area contributed by atoms with Gasteiger partial charge in [0.2, 0.25) is 0 Å². The van der Waals surface area contributed by atoms with E-state index < -0.39 is 17.1 Å². The lowest BCUT2D eigenvalue weighted by Gasteiger charge is -2.44. The summed E-state index contributed by atoms with van der Waals surface area (Å²) >= 11 is 0. The van der Waals surface area contributed by atoms with E-state index in [0.29, 0.717) is 26.1 Å². The first-order valence-corrected chi connectivity index (χ1v) is 5.94. The third-order valence-electron chi connectivity index (χ3n) is 3.35. The van der Waals surface area contributed by atoms with E-state index in [1.54, 1.807) is 0 Å². The first-order chi connectivity index (χ1) is 7.83. The summed E-state index contributed by atoms with van der Waals surface area (Å²) in [5.74, 6) is 0.191. The van der Waals surface area contributed by atoms with Gasteiger partial charge in [-0.3, -0.25) is 4.79 Å². The van der Waals surface area contributed by atoms with Gasteiger partial charge in [-0.2, -0.15) is 0 Å². The summed E-state index contributed by atoms with van der Waals surface area (Å²) in [5.41, 5.74) is -0.992. The van der Waals surface area contributed by atoms with Crippen molar-refractivity contribution in [1.82, 2.24) is 5.32 Å². The van der Waals surface area contributed by atoms with Crippen molar-refractivity contribution in [2.24, 2.45) is 5.41 Å². The Hall–Kier alpha value is -1.10. The van der Waals surface area contributed by atoms with Crippen LogP contribution < -0.4 is 5.32 Å². The van der Waals surface area contributed by atoms with E-state index in [9.17, 15) is 9.59 Å². The van der Waals surface area contributed by atoms with Crippen LogP contribution in [0.2, 0.25) is 0 Å². The average molecular weight is 241 g/mol. The summed E-state index contributed by atoms with van der Waals surface area (Å²) in [5, 5.41) is 2.77. The molecule has 1 saturated heterocycles. The highest BCUT2D eigenvalue weighted by Crippen LogP contribution is 2.44. The zero-order valence-corrected chi connectivity index (χ0v) is 10.5. The van der Waals surface area contributed by atoms with Gasteiger partial charge < -0.3 is 14.8 Å². The van der Waals surface area contributed by atoms with Crippen molar-refractivity contribution >= 4 is 11.9 Å². The van der Waals surface area contributed by atoms with Crippen molar-refractivity contribution in [2.45, 2.75) is 45.3 Å². The summed E-state index contributed by atoms with van der Waals surface area (Å²) in [7, 11) is 0. The number of ketones is 1. The molecule has 1 amide bonds. The number of hydrogen-bond donors (Lipinski definition) is 1. The van der Waals surface area contributed by atoms with E-state index in [2.05, 4.69) is 5.32 Å². The minimum absolute atomic E-state index is 0.132. The number of carbonyl (C=O) groups is 2. The molecule has 1 spiro atoms. The number of nitrogens with one attached hydrogen (secondary N) is 1. The molecule has 1 N–H and O–H groups in total. The van der Waals surface area contributed by atoms with Crippen LogP contribution in [0.25, 0.3) is 0 Å². The van der Waals surface area contributed by atoms with E-state index in [4.69, 9.17) is 9.47 Å². The van der Waals surface area contributed by atoms with Gasteiger partial charge in [-0.15, -0.1) is 0 Å². The van der Waals surface area contributed by atoms with Gasteiger partial charge in [0.15, 0.2) is 0 Å². The molecule has 2 aliphatic rings. The summed E-state index contributed by atoms with van der Waals surface area (Å²) in [4.78, 5) is 23.3. The molecule has 2 atom stereocenters. The molecule has 2 unspecified atom stereocenters. The van der Waals surface area contributed by atoms with Crippen LogP contribution in [0.3, 0.4) is 0 Å². The topological polar surface area (TPSA) is 64.6 Å².